The second-order valence-corrected chi connectivity index (χ2v) is 6.05. The highest BCUT2D eigenvalue weighted by Crippen LogP contribution is 2.27. The molecule has 0 radical (unpaired) electrons. The molecule has 1 aliphatic heterocycles. The van der Waals surface area contributed by atoms with Gasteiger partial charge in [-0.2, -0.15) is 0 Å². The van der Waals surface area contributed by atoms with Crippen molar-refractivity contribution in [2.75, 3.05) is 26.2 Å². The van der Waals surface area contributed by atoms with Crippen LogP contribution in [0.4, 0.5) is 0 Å². The van der Waals surface area contributed by atoms with Crippen molar-refractivity contribution >= 4 is 5.91 Å². The Hall–Kier alpha value is -1.43. The normalized spacial score (nSPS) is 23.1. The van der Waals surface area contributed by atoms with Gasteiger partial charge >= 0.3 is 0 Å². The van der Waals surface area contributed by atoms with E-state index in [1.165, 1.54) is 12.8 Å². The first-order valence-corrected chi connectivity index (χ1v) is 7.56. The zero-order valence-electron chi connectivity index (χ0n) is 12.1. The second kappa shape index (κ2) is 5.91. The molecule has 1 saturated carbocycles. The van der Waals surface area contributed by atoms with Crippen molar-refractivity contribution in [2.45, 2.75) is 31.6 Å². The molecule has 1 atom stereocenters. The van der Waals surface area contributed by atoms with Gasteiger partial charge in [0.1, 0.15) is 12.2 Å². The van der Waals surface area contributed by atoms with Gasteiger partial charge in [-0.3, -0.25) is 4.79 Å². The van der Waals surface area contributed by atoms with Crippen LogP contribution in [0.5, 0.6) is 0 Å². The molecule has 0 spiro atoms. The molecule has 1 unspecified atom stereocenters. The van der Waals surface area contributed by atoms with Crippen LogP contribution in [0.25, 0.3) is 0 Å². The Labute approximate surface area is 119 Å². The van der Waals surface area contributed by atoms with Crippen LogP contribution in [0, 0.1) is 5.92 Å². The Balaban J connectivity index is 1.51. The van der Waals surface area contributed by atoms with Gasteiger partial charge in [-0.05, 0) is 38.1 Å². The van der Waals surface area contributed by atoms with Gasteiger partial charge in [0.15, 0.2) is 0 Å². The molecule has 1 N–H and O–H groups in total. The average molecular weight is 277 g/mol. The number of carbonyl (C=O) groups excluding carboxylic acids is 1. The summed E-state index contributed by atoms with van der Waals surface area (Å²) in [5.41, 5.74) is 0. The maximum absolute atomic E-state index is 12.2. The molecule has 3 rings (SSSR count). The van der Waals surface area contributed by atoms with Crippen LogP contribution in [0.1, 0.15) is 37.4 Å². The molecule has 1 saturated heterocycles. The van der Waals surface area contributed by atoms with Crippen molar-refractivity contribution in [3.05, 3.63) is 12.2 Å². The highest BCUT2D eigenvalue weighted by Gasteiger charge is 2.27. The summed E-state index contributed by atoms with van der Waals surface area (Å²) in [6.45, 7) is 3.11. The molecule has 0 bridgehead atoms. The van der Waals surface area contributed by atoms with Crippen LogP contribution in [0.3, 0.4) is 0 Å². The number of amides is 1. The van der Waals surface area contributed by atoms with Crippen molar-refractivity contribution in [1.29, 1.82) is 0 Å². The van der Waals surface area contributed by atoms with Crippen LogP contribution in [-0.2, 0) is 11.8 Å². The van der Waals surface area contributed by atoms with Crippen molar-refractivity contribution in [2.24, 2.45) is 13.0 Å². The van der Waals surface area contributed by atoms with Crippen molar-refractivity contribution in [1.82, 2.24) is 25.0 Å². The maximum Gasteiger partial charge on any atom is 0.236 e. The quantitative estimate of drug-likeness (QED) is 0.852. The van der Waals surface area contributed by atoms with Gasteiger partial charge in [-0.1, -0.05) is 0 Å². The molecule has 1 aromatic heterocycles. The van der Waals surface area contributed by atoms with Crippen LogP contribution in [0.2, 0.25) is 0 Å². The van der Waals surface area contributed by atoms with Gasteiger partial charge < -0.3 is 14.8 Å². The zero-order valence-corrected chi connectivity index (χ0v) is 12.1. The van der Waals surface area contributed by atoms with Crippen molar-refractivity contribution in [3.8, 4) is 0 Å². The summed E-state index contributed by atoms with van der Waals surface area (Å²) in [5.74, 6) is 2.35. The molecular weight excluding hydrogens is 254 g/mol. The van der Waals surface area contributed by atoms with E-state index in [2.05, 4.69) is 15.5 Å². The van der Waals surface area contributed by atoms with E-state index in [0.29, 0.717) is 12.5 Å². The molecular formula is C14H23N5O. The summed E-state index contributed by atoms with van der Waals surface area (Å²) >= 11 is 0. The van der Waals surface area contributed by atoms with Gasteiger partial charge in [0.05, 0.1) is 6.54 Å². The van der Waals surface area contributed by atoms with Gasteiger partial charge in [0.2, 0.25) is 5.91 Å². The smallest absolute Gasteiger partial charge is 0.236 e. The molecule has 6 heteroatoms. The number of carbonyl (C=O) groups is 1. The number of nitrogens with zero attached hydrogens (tertiary/aromatic N) is 4. The van der Waals surface area contributed by atoms with E-state index >= 15 is 0 Å². The summed E-state index contributed by atoms with van der Waals surface area (Å²) in [6.07, 6.45) is 6.50. The monoisotopic (exact) mass is 277 g/mol. The minimum absolute atomic E-state index is 0.220. The SMILES string of the molecule is Cn1cnnc1C1CCCN(C(=O)CNCC2CC2)C1. The Kier molecular flexibility index (Phi) is 4.00. The first kappa shape index (κ1) is 13.5. The predicted molar refractivity (Wildman–Crippen MR) is 75.2 cm³/mol. The number of likely N-dealkylation sites (tertiary alicyclic amines) is 1. The van der Waals surface area contributed by atoms with Gasteiger partial charge in [0.25, 0.3) is 0 Å². The number of hydrogen-bond acceptors (Lipinski definition) is 4. The molecule has 2 fully saturated rings. The van der Waals surface area contributed by atoms with E-state index < -0.39 is 0 Å². The lowest BCUT2D eigenvalue weighted by Gasteiger charge is -2.32. The van der Waals surface area contributed by atoms with E-state index in [-0.39, 0.29) is 5.91 Å². The molecule has 1 aliphatic carbocycles. The second-order valence-electron chi connectivity index (χ2n) is 6.05. The molecule has 20 heavy (non-hydrogen) atoms. The fourth-order valence-electron chi connectivity index (χ4n) is 2.89. The number of hydrogen-bond donors (Lipinski definition) is 1. The summed E-state index contributed by atoms with van der Waals surface area (Å²) < 4.78 is 1.96. The standard InChI is InChI=1S/C14H23N5O/c1-18-10-16-17-14(18)12-3-2-6-19(9-12)13(20)8-15-7-11-4-5-11/h10-12,15H,2-9H2,1H3. The van der Waals surface area contributed by atoms with Gasteiger partial charge in [-0.25, -0.2) is 0 Å². The molecule has 2 aliphatic rings. The topological polar surface area (TPSA) is 63.1 Å². The van der Waals surface area contributed by atoms with Crippen molar-refractivity contribution < 1.29 is 4.79 Å². The third kappa shape index (κ3) is 3.17. The lowest BCUT2D eigenvalue weighted by Crippen LogP contribution is -2.44. The van der Waals surface area contributed by atoms with Gasteiger partial charge in [-0.15, -0.1) is 10.2 Å². The Morgan fingerprint density at radius 1 is 1.45 bits per heavy atom. The first-order valence-electron chi connectivity index (χ1n) is 7.56. The summed E-state index contributed by atoms with van der Waals surface area (Å²) in [7, 11) is 1.97. The molecule has 6 nitrogen and oxygen atoms in total. The summed E-state index contributed by atoms with van der Waals surface area (Å²) in [4.78, 5) is 14.2. The van der Waals surface area contributed by atoms with Crippen molar-refractivity contribution in [3.63, 3.8) is 0 Å². The van der Waals surface area contributed by atoms with Crippen LogP contribution < -0.4 is 5.32 Å². The minimum Gasteiger partial charge on any atom is -0.341 e. The predicted octanol–water partition coefficient (Wildman–Crippen LogP) is 0.521. The Morgan fingerprint density at radius 2 is 2.30 bits per heavy atom. The molecule has 1 amide bonds. The summed E-state index contributed by atoms with van der Waals surface area (Å²) in [6, 6.07) is 0. The Bertz CT molecular complexity index is 468. The number of piperidine rings is 1. The Morgan fingerprint density at radius 3 is 3.00 bits per heavy atom. The van der Waals surface area contributed by atoms with E-state index in [1.807, 2.05) is 16.5 Å². The highest BCUT2D eigenvalue weighted by atomic mass is 16.2. The number of rotatable bonds is 5. The van der Waals surface area contributed by atoms with E-state index in [9.17, 15) is 4.79 Å². The van der Waals surface area contributed by atoms with E-state index in [0.717, 1.165) is 44.2 Å². The first-order chi connectivity index (χ1) is 9.74. The minimum atomic E-state index is 0.220. The molecule has 1 aromatic rings. The van der Waals surface area contributed by atoms with Crippen LogP contribution in [-0.4, -0.2) is 51.8 Å². The lowest BCUT2D eigenvalue weighted by atomic mass is 9.97. The number of nitrogens with one attached hydrogen (secondary N) is 1. The third-order valence-corrected chi connectivity index (χ3v) is 4.29. The molecule has 110 valence electrons. The van der Waals surface area contributed by atoms with Gasteiger partial charge in [0, 0.05) is 26.1 Å². The maximum atomic E-state index is 12.2. The summed E-state index contributed by atoms with van der Waals surface area (Å²) in [5, 5.41) is 11.4. The fourth-order valence-corrected chi connectivity index (χ4v) is 2.89. The van der Waals surface area contributed by atoms with E-state index in [1.54, 1.807) is 6.33 Å². The number of aromatic nitrogens is 3. The number of aryl methyl sites for hydroxylation is 1. The zero-order chi connectivity index (χ0) is 13.9. The highest BCUT2D eigenvalue weighted by molar-refractivity contribution is 5.78. The van der Waals surface area contributed by atoms with Crippen LogP contribution in [0.15, 0.2) is 6.33 Å². The van der Waals surface area contributed by atoms with E-state index in [4.69, 9.17) is 0 Å². The van der Waals surface area contributed by atoms with Crippen LogP contribution >= 0.6 is 0 Å². The third-order valence-electron chi connectivity index (χ3n) is 4.29. The molecule has 2 heterocycles. The molecule has 0 aromatic carbocycles. The lowest BCUT2D eigenvalue weighted by molar-refractivity contribution is -0.131. The fraction of sp³-hybridized carbons (Fsp3) is 0.786. The average Bonchev–Trinajstić information content (AvgIpc) is 3.18. The largest absolute Gasteiger partial charge is 0.341 e.